The molecule has 3 nitrogen and oxygen atoms in total. The molecule has 0 aromatic carbocycles. The molecule has 0 spiro atoms. The van der Waals surface area contributed by atoms with Crippen LogP contribution >= 0.6 is 27.7 Å². The van der Waals surface area contributed by atoms with Gasteiger partial charge in [-0.1, -0.05) is 0 Å². The number of thioether (sulfide) groups is 1. The number of aromatic nitrogens is 1. The maximum absolute atomic E-state index is 11.7. The number of amides is 1. The first-order chi connectivity index (χ1) is 7.44. The second-order valence-electron chi connectivity index (χ2n) is 4.02. The lowest BCUT2D eigenvalue weighted by Crippen LogP contribution is -2.36. The summed E-state index contributed by atoms with van der Waals surface area (Å²) < 4.78 is 0.784. The van der Waals surface area contributed by atoms with Crippen molar-refractivity contribution in [2.45, 2.75) is 18.6 Å². The molecule has 0 radical (unpaired) electrons. The topological polar surface area (TPSA) is 42.0 Å². The lowest BCUT2D eigenvalue weighted by molar-refractivity contribution is 0.0950. The molecule has 16 heavy (non-hydrogen) atoms. The third kappa shape index (κ3) is 4.14. The maximum atomic E-state index is 11.7. The van der Waals surface area contributed by atoms with Crippen LogP contribution in [0.1, 0.15) is 24.2 Å². The predicted octanol–water partition coefficient (Wildman–Crippen LogP) is 2.72. The monoisotopic (exact) mass is 302 g/mol. The van der Waals surface area contributed by atoms with E-state index in [9.17, 15) is 4.79 Å². The van der Waals surface area contributed by atoms with Crippen LogP contribution in [0.4, 0.5) is 0 Å². The summed E-state index contributed by atoms with van der Waals surface area (Å²) >= 11 is 4.96. The fourth-order valence-electron chi connectivity index (χ4n) is 0.978. The van der Waals surface area contributed by atoms with Gasteiger partial charge in [-0.05, 0) is 48.2 Å². The van der Waals surface area contributed by atoms with Crippen molar-refractivity contribution in [1.29, 1.82) is 0 Å². The van der Waals surface area contributed by atoms with Gasteiger partial charge in [-0.15, -0.1) is 0 Å². The molecule has 0 bridgehead atoms. The molecular formula is C11H15BrN2OS. The van der Waals surface area contributed by atoms with E-state index >= 15 is 0 Å². The van der Waals surface area contributed by atoms with E-state index in [0.717, 1.165) is 4.60 Å². The van der Waals surface area contributed by atoms with Gasteiger partial charge >= 0.3 is 0 Å². The summed E-state index contributed by atoms with van der Waals surface area (Å²) in [4.78, 5) is 15.8. The molecule has 5 heteroatoms. The summed E-state index contributed by atoms with van der Waals surface area (Å²) in [7, 11) is 0. The summed E-state index contributed by atoms with van der Waals surface area (Å²) in [5.74, 6) is -0.0814. The minimum absolute atomic E-state index is 0.0540. The van der Waals surface area contributed by atoms with Crippen LogP contribution in [0.5, 0.6) is 0 Å². The Morgan fingerprint density at radius 1 is 1.56 bits per heavy atom. The highest BCUT2D eigenvalue weighted by Crippen LogP contribution is 2.19. The second-order valence-corrected chi connectivity index (χ2v) is 6.34. The summed E-state index contributed by atoms with van der Waals surface area (Å²) in [5, 5.41) is 2.89. The van der Waals surface area contributed by atoms with Gasteiger partial charge in [0, 0.05) is 17.5 Å². The molecule has 1 heterocycles. The summed E-state index contributed by atoms with van der Waals surface area (Å²) in [6.45, 7) is 4.83. The smallest absolute Gasteiger partial charge is 0.252 e. The first-order valence-electron chi connectivity index (χ1n) is 4.89. The second kappa shape index (κ2) is 5.68. The van der Waals surface area contributed by atoms with Gasteiger partial charge in [0.1, 0.15) is 4.60 Å². The zero-order chi connectivity index (χ0) is 12.2. The Hall–Kier alpha value is -0.550. The van der Waals surface area contributed by atoms with E-state index in [2.05, 4.69) is 40.1 Å². The average molecular weight is 303 g/mol. The predicted molar refractivity (Wildman–Crippen MR) is 71.9 cm³/mol. The highest BCUT2D eigenvalue weighted by atomic mass is 79.9. The largest absolute Gasteiger partial charge is 0.351 e. The van der Waals surface area contributed by atoms with Crippen molar-refractivity contribution in [3.8, 4) is 0 Å². The fraction of sp³-hybridized carbons (Fsp3) is 0.455. The van der Waals surface area contributed by atoms with Gasteiger partial charge in [-0.3, -0.25) is 4.79 Å². The standard InChI is InChI=1S/C11H15BrN2OS/c1-11(2,16-3)7-14-10(15)8-4-5-9(12)13-6-8/h4-6H,7H2,1-3H3,(H,14,15). The number of hydrogen-bond acceptors (Lipinski definition) is 3. The Bertz CT molecular complexity index is 365. The normalized spacial score (nSPS) is 11.2. The van der Waals surface area contributed by atoms with E-state index in [-0.39, 0.29) is 10.7 Å². The van der Waals surface area contributed by atoms with Crippen molar-refractivity contribution < 1.29 is 4.79 Å². The number of nitrogens with one attached hydrogen (secondary N) is 1. The lowest BCUT2D eigenvalue weighted by Gasteiger charge is -2.22. The van der Waals surface area contributed by atoms with Crippen molar-refractivity contribution in [2.24, 2.45) is 0 Å². The zero-order valence-corrected chi connectivity index (χ0v) is 12.0. The van der Waals surface area contributed by atoms with Crippen LogP contribution in [0.3, 0.4) is 0 Å². The van der Waals surface area contributed by atoms with Crippen LogP contribution in [0.15, 0.2) is 22.9 Å². The molecule has 0 fully saturated rings. The first kappa shape index (κ1) is 13.5. The molecule has 0 aliphatic carbocycles. The molecule has 0 saturated heterocycles. The van der Waals surface area contributed by atoms with E-state index in [1.165, 1.54) is 0 Å². The van der Waals surface area contributed by atoms with Crippen molar-refractivity contribution in [3.63, 3.8) is 0 Å². The van der Waals surface area contributed by atoms with Crippen LogP contribution in [-0.2, 0) is 0 Å². The number of halogens is 1. The molecule has 1 amide bonds. The van der Waals surface area contributed by atoms with Crippen LogP contribution in [-0.4, -0.2) is 28.4 Å². The van der Waals surface area contributed by atoms with Gasteiger partial charge in [-0.25, -0.2) is 4.98 Å². The third-order valence-electron chi connectivity index (χ3n) is 2.22. The first-order valence-corrected chi connectivity index (χ1v) is 6.91. The molecule has 88 valence electrons. The summed E-state index contributed by atoms with van der Waals surface area (Å²) in [6.07, 6.45) is 3.60. The zero-order valence-electron chi connectivity index (χ0n) is 9.58. The molecule has 1 N–H and O–H groups in total. The fourth-order valence-corrected chi connectivity index (χ4v) is 1.43. The van der Waals surface area contributed by atoms with Crippen molar-refractivity contribution in [3.05, 3.63) is 28.5 Å². The number of rotatable bonds is 4. The number of nitrogens with zero attached hydrogens (tertiary/aromatic N) is 1. The molecule has 0 atom stereocenters. The SMILES string of the molecule is CSC(C)(C)CNC(=O)c1ccc(Br)nc1. The van der Waals surface area contributed by atoms with Gasteiger partial charge in [0.2, 0.25) is 0 Å². The van der Waals surface area contributed by atoms with Gasteiger partial charge in [0.05, 0.1) is 5.56 Å². The molecule has 0 unspecified atom stereocenters. The van der Waals surface area contributed by atoms with Crippen molar-refractivity contribution in [2.75, 3.05) is 12.8 Å². The Balaban J connectivity index is 2.56. The molecule has 1 aromatic heterocycles. The van der Waals surface area contributed by atoms with Crippen LogP contribution in [0, 0.1) is 0 Å². The molecule has 1 rings (SSSR count). The van der Waals surface area contributed by atoms with E-state index in [0.29, 0.717) is 12.1 Å². The number of carbonyl (C=O) groups is 1. The van der Waals surface area contributed by atoms with E-state index in [1.807, 2.05) is 6.26 Å². The van der Waals surface area contributed by atoms with Crippen molar-refractivity contribution >= 4 is 33.6 Å². The Morgan fingerprint density at radius 3 is 2.75 bits per heavy atom. The van der Waals surface area contributed by atoms with Crippen molar-refractivity contribution in [1.82, 2.24) is 10.3 Å². The third-order valence-corrected chi connectivity index (χ3v) is 3.94. The van der Waals surface area contributed by atoms with Gasteiger partial charge in [0.15, 0.2) is 0 Å². The van der Waals surface area contributed by atoms with Crippen LogP contribution < -0.4 is 5.32 Å². The van der Waals surface area contributed by atoms with Gasteiger partial charge in [0.25, 0.3) is 5.91 Å². The lowest BCUT2D eigenvalue weighted by atomic mass is 10.2. The molecule has 0 aliphatic heterocycles. The minimum Gasteiger partial charge on any atom is -0.351 e. The van der Waals surface area contributed by atoms with Gasteiger partial charge < -0.3 is 5.32 Å². The highest BCUT2D eigenvalue weighted by Gasteiger charge is 2.17. The average Bonchev–Trinajstić information content (AvgIpc) is 2.27. The number of carbonyl (C=O) groups excluding carboxylic acids is 1. The summed E-state index contributed by atoms with van der Waals surface area (Å²) in [5.41, 5.74) is 0.583. The molecule has 0 aliphatic rings. The molecular weight excluding hydrogens is 288 g/mol. The Kier molecular flexibility index (Phi) is 4.80. The summed E-state index contributed by atoms with van der Waals surface area (Å²) in [6, 6.07) is 3.51. The number of hydrogen-bond donors (Lipinski definition) is 1. The van der Waals surface area contributed by atoms with Gasteiger partial charge in [-0.2, -0.15) is 11.8 Å². The maximum Gasteiger partial charge on any atom is 0.252 e. The van der Waals surface area contributed by atoms with Crippen LogP contribution in [0.25, 0.3) is 0 Å². The highest BCUT2D eigenvalue weighted by molar-refractivity contribution is 9.10. The minimum atomic E-state index is -0.0814. The van der Waals surface area contributed by atoms with E-state index in [1.54, 1.807) is 30.1 Å². The molecule has 1 aromatic rings. The Labute approximate surface area is 109 Å². The van der Waals surface area contributed by atoms with E-state index < -0.39 is 0 Å². The van der Waals surface area contributed by atoms with E-state index in [4.69, 9.17) is 0 Å². The van der Waals surface area contributed by atoms with Crippen LogP contribution in [0.2, 0.25) is 0 Å². The quantitative estimate of drug-likeness (QED) is 0.870. The number of pyridine rings is 1. The Morgan fingerprint density at radius 2 is 2.25 bits per heavy atom. The molecule has 0 saturated carbocycles.